The van der Waals surface area contributed by atoms with Crippen molar-refractivity contribution in [2.24, 2.45) is 47.3 Å². The summed E-state index contributed by atoms with van der Waals surface area (Å²) >= 11 is 0. The van der Waals surface area contributed by atoms with Crippen LogP contribution in [0.2, 0.25) is 0 Å². The zero-order valence-electron chi connectivity index (χ0n) is 36.2. The van der Waals surface area contributed by atoms with Gasteiger partial charge >= 0.3 is 11.9 Å². The van der Waals surface area contributed by atoms with Gasteiger partial charge in [-0.1, -0.05) is 67.5 Å². The van der Waals surface area contributed by atoms with E-state index < -0.39 is 109 Å². The van der Waals surface area contributed by atoms with Crippen LogP contribution >= 0.6 is 0 Å². The van der Waals surface area contributed by atoms with Crippen molar-refractivity contribution >= 4 is 47.4 Å². The lowest BCUT2D eigenvalue weighted by molar-refractivity contribution is -0.146. The molecule has 18 nitrogen and oxygen atoms in total. The fourth-order valence-corrected chi connectivity index (χ4v) is 7.61. The minimum atomic E-state index is -1.45. The normalized spacial score (nSPS) is 21.2. The molecule has 2 rings (SSSR count). The number of fused-ring (bicyclic) bond motifs is 2. The van der Waals surface area contributed by atoms with Crippen LogP contribution < -0.4 is 31.9 Å². The van der Waals surface area contributed by atoms with Crippen LogP contribution in [0.3, 0.4) is 0 Å². The van der Waals surface area contributed by atoms with Crippen LogP contribution in [0.4, 0.5) is 0 Å². The highest BCUT2D eigenvalue weighted by Crippen LogP contribution is 2.48. The third kappa shape index (κ3) is 15.2. The lowest BCUT2D eigenvalue weighted by atomic mass is 9.81. The average molecular weight is 837 g/mol. The SMILES string of the molecule is COC(=O)[C@H](CC(C)C)NC(=O)[C@H](CO)NC(=O)[C@H](CC(C)C)NC(=O)[C@@H]1[C@H](C(=O)N[C@@H](CC(C)C)C(=O)N[C@@H](CO)C(=O)N[C@@H](CC(C)C)C(=O)OC)[C@@H]2C=C[C@H]1C2. The van der Waals surface area contributed by atoms with E-state index in [0.717, 1.165) is 0 Å². The van der Waals surface area contributed by atoms with Crippen molar-refractivity contribution in [1.29, 1.82) is 0 Å². The van der Waals surface area contributed by atoms with Crippen molar-refractivity contribution in [3.8, 4) is 0 Å². The van der Waals surface area contributed by atoms with Crippen LogP contribution in [0.1, 0.15) is 87.5 Å². The third-order valence-corrected chi connectivity index (χ3v) is 10.4. The van der Waals surface area contributed by atoms with Crippen molar-refractivity contribution in [2.75, 3.05) is 27.4 Å². The molecule has 2 bridgehead atoms. The van der Waals surface area contributed by atoms with Crippen LogP contribution in [-0.2, 0) is 47.8 Å². The van der Waals surface area contributed by atoms with Crippen LogP contribution in [0, 0.1) is 47.3 Å². The molecule has 59 heavy (non-hydrogen) atoms. The molecule has 8 N–H and O–H groups in total. The van der Waals surface area contributed by atoms with E-state index in [1.54, 1.807) is 0 Å². The summed E-state index contributed by atoms with van der Waals surface area (Å²) in [5.41, 5.74) is 0. The van der Waals surface area contributed by atoms with Crippen molar-refractivity contribution < 1.29 is 58.0 Å². The first-order chi connectivity index (χ1) is 27.7. The van der Waals surface area contributed by atoms with E-state index in [2.05, 4.69) is 31.9 Å². The monoisotopic (exact) mass is 836 g/mol. The molecular formula is C41H68N6O12. The van der Waals surface area contributed by atoms with Gasteiger partial charge in [0.2, 0.25) is 35.4 Å². The molecule has 1 fully saturated rings. The second-order valence-corrected chi connectivity index (χ2v) is 17.3. The Hall–Kier alpha value is -4.58. The Balaban J connectivity index is 2.26. The summed E-state index contributed by atoms with van der Waals surface area (Å²) in [6.45, 7) is 13.1. The Morgan fingerprint density at radius 3 is 1.02 bits per heavy atom. The molecule has 10 atom stereocenters. The Morgan fingerprint density at radius 2 is 0.746 bits per heavy atom. The largest absolute Gasteiger partial charge is 0.467 e. The summed E-state index contributed by atoms with van der Waals surface area (Å²) in [5.74, 6) is -8.40. The van der Waals surface area contributed by atoms with Crippen molar-refractivity contribution in [1.82, 2.24) is 31.9 Å². The first-order valence-electron chi connectivity index (χ1n) is 20.5. The van der Waals surface area contributed by atoms with Crippen LogP contribution in [0.15, 0.2) is 12.2 Å². The van der Waals surface area contributed by atoms with Gasteiger partial charge in [0.15, 0.2) is 0 Å². The number of aliphatic hydroxyl groups is 2. The van der Waals surface area contributed by atoms with E-state index >= 15 is 0 Å². The lowest BCUT2D eigenvalue weighted by Crippen LogP contribution is -2.59. The van der Waals surface area contributed by atoms with Crippen molar-refractivity contribution in [3.05, 3.63) is 12.2 Å². The van der Waals surface area contributed by atoms with Gasteiger partial charge in [-0.3, -0.25) is 28.8 Å². The summed E-state index contributed by atoms with van der Waals surface area (Å²) in [7, 11) is 2.37. The molecule has 0 unspecified atom stereocenters. The van der Waals surface area contributed by atoms with Gasteiger partial charge in [0.25, 0.3) is 0 Å². The van der Waals surface area contributed by atoms with Gasteiger partial charge in [0.05, 0.1) is 39.3 Å². The highest BCUT2D eigenvalue weighted by Gasteiger charge is 2.52. The average Bonchev–Trinajstić information content (AvgIpc) is 3.79. The second-order valence-electron chi connectivity index (χ2n) is 17.3. The number of allylic oxidation sites excluding steroid dienone is 2. The number of carbonyl (C=O) groups is 8. The summed E-state index contributed by atoms with van der Waals surface area (Å²) in [5, 5.41) is 35.7. The first kappa shape index (κ1) is 50.6. The van der Waals surface area contributed by atoms with E-state index in [0.29, 0.717) is 6.42 Å². The molecule has 0 spiro atoms. The maximum absolute atomic E-state index is 14.1. The van der Waals surface area contributed by atoms with Gasteiger partial charge in [-0.25, -0.2) is 9.59 Å². The third-order valence-electron chi connectivity index (χ3n) is 10.4. The number of ether oxygens (including phenoxy) is 2. The van der Waals surface area contributed by atoms with Crippen LogP contribution in [-0.4, -0.2) is 121 Å². The Labute approximate surface area is 347 Å². The van der Waals surface area contributed by atoms with E-state index in [1.807, 2.05) is 67.5 Å². The van der Waals surface area contributed by atoms with E-state index in [-0.39, 0.29) is 61.2 Å². The quantitative estimate of drug-likeness (QED) is 0.0466. The number of carbonyl (C=O) groups excluding carboxylic acids is 8. The molecule has 0 aromatic carbocycles. The molecule has 0 radical (unpaired) electrons. The second kappa shape index (κ2) is 23.9. The molecular weight excluding hydrogens is 768 g/mol. The fraction of sp³-hybridized carbons (Fsp3) is 0.756. The van der Waals surface area contributed by atoms with Gasteiger partial charge in [-0.15, -0.1) is 0 Å². The minimum absolute atomic E-state index is 0.0111. The van der Waals surface area contributed by atoms with E-state index in [9.17, 15) is 48.6 Å². The number of rotatable bonds is 24. The predicted molar refractivity (Wildman–Crippen MR) is 215 cm³/mol. The molecule has 0 aliphatic heterocycles. The Bertz CT molecular complexity index is 1410. The molecule has 0 saturated heterocycles. The molecule has 2 aliphatic rings. The Kier molecular flexibility index (Phi) is 20.5. The number of hydrogen-bond donors (Lipinski definition) is 8. The number of nitrogens with one attached hydrogen (secondary N) is 6. The number of esters is 2. The van der Waals surface area contributed by atoms with Crippen molar-refractivity contribution in [2.45, 2.75) is 124 Å². The minimum Gasteiger partial charge on any atom is -0.467 e. The lowest BCUT2D eigenvalue weighted by Gasteiger charge is -2.31. The number of hydrogen-bond acceptors (Lipinski definition) is 12. The number of amides is 6. The topological polar surface area (TPSA) is 268 Å². The molecule has 6 amide bonds. The highest BCUT2D eigenvalue weighted by atomic mass is 16.5. The van der Waals surface area contributed by atoms with Gasteiger partial charge in [-0.05, 0) is 67.6 Å². The van der Waals surface area contributed by atoms with E-state index in [1.165, 1.54) is 14.2 Å². The zero-order chi connectivity index (χ0) is 44.7. The number of aliphatic hydroxyl groups excluding tert-OH is 2. The molecule has 0 aromatic rings. The van der Waals surface area contributed by atoms with Gasteiger partial charge in [0.1, 0.15) is 36.3 Å². The summed E-state index contributed by atoms with van der Waals surface area (Å²) in [6, 6.07) is -7.26. The van der Waals surface area contributed by atoms with Gasteiger partial charge < -0.3 is 51.6 Å². The molecule has 0 heterocycles. The maximum Gasteiger partial charge on any atom is 0.328 e. The van der Waals surface area contributed by atoms with Gasteiger partial charge in [-0.2, -0.15) is 0 Å². The van der Waals surface area contributed by atoms with Crippen LogP contribution in [0.25, 0.3) is 0 Å². The standard InChI is InChI=1S/C41H68N6O12/c1-20(2)13-26(34(50)46-30(18-48)36(52)44-28(15-22(5)6)40(56)58-9)42-38(54)32-24-11-12-25(17-24)33(32)39(55)43-27(14-21(3)4)35(51)47-31(19-49)37(53)45-29(16-23(7)8)41(57)59-10/h11-12,20-33,48-49H,13-19H2,1-10H3,(H,42,54)(H,43,55)(H,44,52)(H,45,53)(H,46,50)(H,47,51)/t24-,25+,26-,27-,28-,29-,30-,31-,32-,33+/m0/s1. The predicted octanol–water partition coefficient (Wildman–Crippen LogP) is -0.151. The van der Waals surface area contributed by atoms with E-state index in [4.69, 9.17) is 9.47 Å². The van der Waals surface area contributed by atoms with Crippen molar-refractivity contribution in [3.63, 3.8) is 0 Å². The van der Waals surface area contributed by atoms with Gasteiger partial charge in [0, 0.05) is 0 Å². The highest BCUT2D eigenvalue weighted by molar-refractivity contribution is 5.97. The zero-order valence-corrected chi connectivity index (χ0v) is 36.2. The molecule has 334 valence electrons. The smallest absolute Gasteiger partial charge is 0.328 e. The summed E-state index contributed by atoms with van der Waals surface area (Å²) < 4.78 is 9.59. The summed E-state index contributed by atoms with van der Waals surface area (Å²) in [6.07, 6.45) is 4.98. The molecule has 1 saturated carbocycles. The summed E-state index contributed by atoms with van der Waals surface area (Å²) in [4.78, 5) is 106. The molecule has 0 aromatic heterocycles. The fourth-order valence-electron chi connectivity index (χ4n) is 7.61. The first-order valence-corrected chi connectivity index (χ1v) is 20.5. The number of methoxy groups -OCH3 is 2. The maximum atomic E-state index is 14.1. The molecule has 2 aliphatic carbocycles. The molecule has 18 heteroatoms. The Morgan fingerprint density at radius 1 is 0.475 bits per heavy atom. The van der Waals surface area contributed by atoms with Crippen LogP contribution in [0.5, 0.6) is 0 Å².